The highest BCUT2D eigenvalue weighted by Gasteiger charge is 2.28. The highest BCUT2D eigenvalue weighted by molar-refractivity contribution is 5.93. The minimum absolute atomic E-state index is 0.0665. The maximum Gasteiger partial charge on any atom is 0.276 e. The lowest BCUT2D eigenvalue weighted by atomic mass is 10.1. The molecule has 0 radical (unpaired) electrons. The van der Waals surface area contributed by atoms with Crippen molar-refractivity contribution in [1.29, 1.82) is 0 Å². The molecule has 5 rings (SSSR count). The quantitative estimate of drug-likeness (QED) is 0.538. The van der Waals surface area contributed by atoms with E-state index < -0.39 is 0 Å². The largest absolute Gasteiger partial charge is 0.490 e. The fraction of sp³-hybridized carbons (Fsp3) is 0.407. The van der Waals surface area contributed by atoms with Gasteiger partial charge in [-0.15, -0.1) is 0 Å². The zero-order valence-corrected chi connectivity index (χ0v) is 19.2. The Kier molecular flexibility index (Phi) is 6.44. The van der Waals surface area contributed by atoms with Gasteiger partial charge in [-0.2, -0.15) is 0 Å². The number of oxazole rings is 1. The number of piperidine rings is 1. The zero-order valence-electron chi connectivity index (χ0n) is 19.2. The average molecular weight is 446 g/mol. The molecule has 0 atom stereocenters. The summed E-state index contributed by atoms with van der Waals surface area (Å²) in [6.07, 6.45) is 4.37. The molecule has 0 saturated carbocycles. The van der Waals surface area contributed by atoms with Crippen LogP contribution in [0.25, 0.3) is 11.5 Å². The molecule has 0 aliphatic carbocycles. The molecule has 172 valence electrons. The highest BCUT2D eigenvalue weighted by atomic mass is 16.5. The summed E-state index contributed by atoms with van der Waals surface area (Å²) in [7, 11) is 0. The van der Waals surface area contributed by atoms with Gasteiger partial charge in [0.25, 0.3) is 5.91 Å². The molecule has 0 N–H and O–H groups in total. The Morgan fingerprint density at radius 3 is 2.39 bits per heavy atom. The molecule has 6 nitrogen and oxygen atoms in total. The van der Waals surface area contributed by atoms with Gasteiger partial charge in [0, 0.05) is 38.0 Å². The van der Waals surface area contributed by atoms with Crippen molar-refractivity contribution in [3.05, 3.63) is 71.6 Å². The molecular weight excluding hydrogens is 414 g/mol. The van der Waals surface area contributed by atoms with Gasteiger partial charge in [-0.25, -0.2) is 4.98 Å². The van der Waals surface area contributed by atoms with E-state index in [1.54, 1.807) is 6.92 Å². The Bertz CT molecular complexity index is 1060. The van der Waals surface area contributed by atoms with Gasteiger partial charge in [0.15, 0.2) is 5.69 Å². The molecule has 0 spiro atoms. The number of benzene rings is 2. The van der Waals surface area contributed by atoms with Crippen molar-refractivity contribution in [3.8, 4) is 17.2 Å². The van der Waals surface area contributed by atoms with Gasteiger partial charge >= 0.3 is 0 Å². The molecule has 2 aliphatic rings. The fourth-order valence-electron chi connectivity index (χ4n) is 4.69. The molecule has 6 heteroatoms. The molecular formula is C27H31N3O3. The van der Waals surface area contributed by atoms with E-state index in [1.807, 2.05) is 35.2 Å². The second-order valence-corrected chi connectivity index (χ2v) is 9.03. The number of nitrogens with zero attached hydrogens (tertiary/aromatic N) is 3. The Labute approximate surface area is 195 Å². The second-order valence-electron chi connectivity index (χ2n) is 9.03. The van der Waals surface area contributed by atoms with Crippen LogP contribution in [0, 0.1) is 6.92 Å². The van der Waals surface area contributed by atoms with Crippen LogP contribution in [0.5, 0.6) is 5.75 Å². The summed E-state index contributed by atoms with van der Waals surface area (Å²) in [5.74, 6) is 1.89. The van der Waals surface area contributed by atoms with Crippen LogP contribution in [0.2, 0.25) is 0 Å². The van der Waals surface area contributed by atoms with Crippen LogP contribution in [0.1, 0.15) is 47.5 Å². The van der Waals surface area contributed by atoms with Crippen molar-refractivity contribution in [2.75, 3.05) is 26.2 Å². The topological polar surface area (TPSA) is 58.8 Å². The van der Waals surface area contributed by atoms with Gasteiger partial charge in [0.2, 0.25) is 5.89 Å². The van der Waals surface area contributed by atoms with Crippen LogP contribution in [0.15, 0.2) is 59.0 Å². The van der Waals surface area contributed by atoms with Crippen LogP contribution in [-0.4, -0.2) is 53.0 Å². The van der Waals surface area contributed by atoms with Crippen LogP contribution in [0.4, 0.5) is 0 Å². The number of amides is 1. The van der Waals surface area contributed by atoms with Crippen LogP contribution < -0.4 is 4.74 Å². The Morgan fingerprint density at radius 2 is 1.70 bits per heavy atom. The Morgan fingerprint density at radius 1 is 1.00 bits per heavy atom. The lowest BCUT2D eigenvalue weighted by molar-refractivity contribution is 0.0589. The Hall–Kier alpha value is -3.12. The van der Waals surface area contributed by atoms with Crippen molar-refractivity contribution < 1.29 is 13.9 Å². The van der Waals surface area contributed by atoms with Crippen molar-refractivity contribution in [2.24, 2.45) is 0 Å². The predicted octanol–water partition coefficient (Wildman–Crippen LogP) is 4.93. The average Bonchev–Trinajstić information content (AvgIpc) is 3.51. The number of ether oxygens (including phenoxy) is 1. The van der Waals surface area contributed by atoms with Crippen LogP contribution in [0.3, 0.4) is 0 Å². The monoisotopic (exact) mass is 445 g/mol. The minimum atomic E-state index is -0.0665. The van der Waals surface area contributed by atoms with E-state index in [0.717, 1.165) is 30.7 Å². The van der Waals surface area contributed by atoms with Gasteiger partial charge in [-0.05, 0) is 62.7 Å². The summed E-state index contributed by atoms with van der Waals surface area (Å²) < 4.78 is 12.0. The normalized spacial score (nSPS) is 17.4. The van der Waals surface area contributed by atoms with E-state index in [9.17, 15) is 4.79 Å². The predicted molar refractivity (Wildman–Crippen MR) is 127 cm³/mol. The van der Waals surface area contributed by atoms with Crippen molar-refractivity contribution in [2.45, 2.75) is 45.3 Å². The molecule has 1 amide bonds. The number of hydrogen-bond donors (Lipinski definition) is 0. The summed E-state index contributed by atoms with van der Waals surface area (Å²) in [5.41, 5.74) is 2.61. The number of aromatic nitrogens is 1. The summed E-state index contributed by atoms with van der Waals surface area (Å²) >= 11 is 0. The maximum atomic E-state index is 13.1. The third-order valence-electron chi connectivity index (χ3n) is 6.58. The van der Waals surface area contributed by atoms with Gasteiger partial charge in [-0.1, -0.05) is 30.3 Å². The molecule has 2 aromatic carbocycles. The van der Waals surface area contributed by atoms with Crippen molar-refractivity contribution >= 4 is 5.91 Å². The first-order valence-electron chi connectivity index (χ1n) is 12.0. The maximum absolute atomic E-state index is 13.1. The third kappa shape index (κ3) is 5.11. The smallest absolute Gasteiger partial charge is 0.276 e. The van der Waals surface area contributed by atoms with E-state index in [-0.39, 0.29) is 12.0 Å². The van der Waals surface area contributed by atoms with E-state index in [1.165, 1.54) is 31.5 Å². The van der Waals surface area contributed by atoms with Gasteiger partial charge < -0.3 is 14.1 Å². The molecule has 3 aromatic rings. The zero-order chi connectivity index (χ0) is 22.6. The van der Waals surface area contributed by atoms with Crippen LogP contribution >= 0.6 is 0 Å². The van der Waals surface area contributed by atoms with Crippen molar-refractivity contribution in [1.82, 2.24) is 14.8 Å². The first-order valence-corrected chi connectivity index (χ1v) is 12.0. The highest BCUT2D eigenvalue weighted by Crippen LogP contribution is 2.25. The first kappa shape index (κ1) is 21.7. The third-order valence-corrected chi connectivity index (χ3v) is 6.58. The lowest BCUT2D eigenvalue weighted by Crippen LogP contribution is -2.42. The van der Waals surface area contributed by atoms with Gasteiger partial charge in [0.05, 0.1) is 0 Å². The summed E-state index contributed by atoms with van der Waals surface area (Å²) in [5, 5.41) is 0. The van der Waals surface area contributed by atoms with Gasteiger partial charge in [-0.3, -0.25) is 9.69 Å². The summed E-state index contributed by atoms with van der Waals surface area (Å²) in [4.78, 5) is 21.9. The van der Waals surface area contributed by atoms with E-state index in [2.05, 4.69) is 34.1 Å². The molecule has 0 unspecified atom stereocenters. The molecule has 2 fully saturated rings. The van der Waals surface area contributed by atoms with Crippen LogP contribution in [-0.2, 0) is 6.54 Å². The number of carbonyl (C=O) groups excluding carboxylic acids is 1. The summed E-state index contributed by atoms with van der Waals surface area (Å²) in [6.45, 7) is 6.55. The fourth-order valence-corrected chi connectivity index (χ4v) is 4.69. The molecule has 1 aromatic heterocycles. The molecule has 0 bridgehead atoms. The van der Waals surface area contributed by atoms with E-state index in [4.69, 9.17) is 9.15 Å². The molecule has 33 heavy (non-hydrogen) atoms. The SMILES string of the molecule is Cc1oc(-c2ccccc2)nc1C(=O)N1CCC(Oc2ccc(CN3CCCC3)cc2)CC1. The number of aryl methyl sites for hydroxylation is 1. The van der Waals surface area contributed by atoms with E-state index in [0.29, 0.717) is 30.4 Å². The number of carbonyl (C=O) groups is 1. The molecule has 2 aliphatic heterocycles. The van der Waals surface area contributed by atoms with Gasteiger partial charge in [0.1, 0.15) is 17.6 Å². The standard InChI is InChI=1S/C27H31N3O3/c1-20-25(28-26(32-20)22-7-3-2-4-8-22)27(31)30-17-13-24(14-18-30)33-23-11-9-21(10-12-23)19-29-15-5-6-16-29/h2-4,7-12,24H,5-6,13-19H2,1H3. The molecule has 2 saturated heterocycles. The number of hydrogen-bond acceptors (Lipinski definition) is 5. The van der Waals surface area contributed by atoms with E-state index >= 15 is 0 Å². The number of rotatable bonds is 6. The Balaban J connectivity index is 1.14. The molecule has 3 heterocycles. The first-order chi connectivity index (χ1) is 16.2. The summed E-state index contributed by atoms with van der Waals surface area (Å²) in [6, 6.07) is 18.2. The number of likely N-dealkylation sites (tertiary alicyclic amines) is 2. The second kappa shape index (κ2) is 9.79. The van der Waals surface area contributed by atoms with Crippen molar-refractivity contribution in [3.63, 3.8) is 0 Å². The lowest BCUT2D eigenvalue weighted by Gasteiger charge is -2.31. The minimum Gasteiger partial charge on any atom is -0.490 e.